The largest absolute Gasteiger partial charge is 0.496 e. The number of carbonyl (C=O) groups is 1. The van der Waals surface area contributed by atoms with Crippen LogP contribution in [0, 0.1) is 32.1 Å². The number of nitriles is 1. The molecule has 248 valence electrons. The van der Waals surface area contributed by atoms with Crippen LogP contribution in [-0.4, -0.2) is 68.1 Å². The highest BCUT2D eigenvalue weighted by molar-refractivity contribution is 5.87. The zero-order valence-corrected chi connectivity index (χ0v) is 28.1. The minimum Gasteiger partial charge on any atom is -0.496 e. The molecule has 0 spiro atoms. The van der Waals surface area contributed by atoms with Crippen LogP contribution in [-0.2, 0) is 22.4 Å². The van der Waals surface area contributed by atoms with Crippen molar-refractivity contribution in [2.75, 3.05) is 34.2 Å². The Bertz CT molecular complexity index is 1850. The van der Waals surface area contributed by atoms with E-state index in [1.54, 1.807) is 19.3 Å². The lowest BCUT2D eigenvalue weighted by molar-refractivity contribution is -0.143. The molecule has 3 aromatic carbocycles. The number of aryl methyl sites for hydroxylation is 1. The lowest BCUT2D eigenvalue weighted by Gasteiger charge is -2.60. The van der Waals surface area contributed by atoms with E-state index in [0.29, 0.717) is 30.9 Å². The minimum atomic E-state index is -0.493. The van der Waals surface area contributed by atoms with Crippen LogP contribution in [0.3, 0.4) is 0 Å². The fourth-order valence-electron chi connectivity index (χ4n) is 8.60. The van der Waals surface area contributed by atoms with E-state index < -0.39 is 18.1 Å². The first-order chi connectivity index (χ1) is 23.3. The smallest absolute Gasteiger partial charge is 0.330 e. The first kappa shape index (κ1) is 31.8. The molecule has 1 saturated heterocycles. The fourth-order valence-corrected chi connectivity index (χ4v) is 8.60. The third-order valence-corrected chi connectivity index (χ3v) is 10.5. The van der Waals surface area contributed by atoms with E-state index in [1.165, 1.54) is 17.2 Å². The second kappa shape index (κ2) is 12.7. The van der Waals surface area contributed by atoms with Gasteiger partial charge in [0.25, 0.3) is 0 Å². The zero-order valence-electron chi connectivity index (χ0n) is 28.1. The van der Waals surface area contributed by atoms with E-state index in [-0.39, 0.29) is 31.5 Å². The molecule has 0 N–H and O–H groups in total. The van der Waals surface area contributed by atoms with Gasteiger partial charge in [0.2, 0.25) is 6.79 Å². The van der Waals surface area contributed by atoms with Gasteiger partial charge in [-0.05, 0) is 74.6 Å². The van der Waals surface area contributed by atoms with Crippen molar-refractivity contribution in [2.24, 2.45) is 0 Å². The van der Waals surface area contributed by atoms with Gasteiger partial charge in [-0.3, -0.25) is 9.80 Å². The second-order valence-electron chi connectivity index (χ2n) is 13.0. The average Bonchev–Trinajstić information content (AvgIpc) is 3.58. The summed E-state index contributed by atoms with van der Waals surface area (Å²) in [6, 6.07) is 13.3. The van der Waals surface area contributed by atoms with Gasteiger partial charge < -0.3 is 23.7 Å². The maximum absolute atomic E-state index is 13.2. The normalized spacial score (nSPS) is 23.9. The Morgan fingerprint density at radius 2 is 1.83 bits per heavy atom. The topological polar surface area (TPSA) is 93.5 Å². The number of likely N-dealkylation sites (N-methyl/N-ethyl adjacent to an activating group) is 1. The molecule has 4 aliphatic rings. The Kier molecular flexibility index (Phi) is 8.40. The number of piperazine rings is 1. The molecule has 0 radical (unpaired) electrons. The van der Waals surface area contributed by atoms with Crippen LogP contribution >= 0.6 is 0 Å². The predicted octanol–water partition coefficient (Wildman–Crippen LogP) is 5.94. The molecule has 5 atom stereocenters. The van der Waals surface area contributed by atoms with Gasteiger partial charge in [0.15, 0.2) is 11.5 Å². The molecule has 2 bridgehead atoms. The van der Waals surface area contributed by atoms with Crippen molar-refractivity contribution in [3.63, 3.8) is 0 Å². The standard InChI is InChI=1S/C39H41N3O6/c1-7-15-45-37-24(4)38-39(48-21-47-38)34-27(37)18-29-35-33-23(3)36(44-6)22(2)16-26(33)17-28(41(35)5)30(19-40)42(29)31(34)20-46-32(43)14-13-25-11-9-8-10-12-25/h7-14,16,28-31,35H,1,15,17-18,20-21H2,2-6H3/b14-13+/t28-,29?,30+,31+,35+/m1/s1. The highest BCUT2D eigenvalue weighted by Gasteiger charge is 2.56. The molecule has 0 amide bonds. The second-order valence-corrected chi connectivity index (χ2v) is 13.0. The third kappa shape index (κ3) is 5.02. The first-order valence-corrected chi connectivity index (χ1v) is 16.4. The van der Waals surface area contributed by atoms with Crippen LogP contribution in [0.1, 0.15) is 56.6 Å². The molecule has 48 heavy (non-hydrogen) atoms. The number of esters is 1. The summed E-state index contributed by atoms with van der Waals surface area (Å²) >= 11 is 0. The van der Waals surface area contributed by atoms with Crippen LogP contribution < -0.4 is 18.9 Å². The van der Waals surface area contributed by atoms with Crippen molar-refractivity contribution in [2.45, 2.75) is 63.8 Å². The highest BCUT2D eigenvalue weighted by atomic mass is 16.7. The molecule has 3 aromatic rings. The Balaban J connectivity index is 1.39. The molecule has 7 rings (SSSR count). The lowest BCUT2D eigenvalue weighted by Crippen LogP contribution is -2.68. The maximum atomic E-state index is 13.2. The SMILES string of the molecule is C=CCOc1c(C)c2c(c3c1CC1[C@H]4c5c(cc(C)c(OC)c5C)C[C@H]([C@H](C#N)N1[C@H]3COC(=O)/C=C/c1ccccc1)N4C)OCO2. The average molecular weight is 648 g/mol. The van der Waals surface area contributed by atoms with Crippen molar-refractivity contribution in [3.8, 4) is 29.1 Å². The van der Waals surface area contributed by atoms with Gasteiger partial charge >= 0.3 is 5.97 Å². The molecule has 0 aliphatic carbocycles. The van der Waals surface area contributed by atoms with E-state index in [4.69, 9.17) is 23.7 Å². The summed E-state index contributed by atoms with van der Waals surface area (Å²) in [6.45, 7) is 10.5. The summed E-state index contributed by atoms with van der Waals surface area (Å²) in [4.78, 5) is 17.9. The van der Waals surface area contributed by atoms with E-state index in [2.05, 4.69) is 49.4 Å². The van der Waals surface area contributed by atoms with Crippen LogP contribution in [0.5, 0.6) is 23.0 Å². The minimum absolute atomic E-state index is 0.0195. The van der Waals surface area contributed by atoms with Crippen LogP contribution in [0.4, 0.5) is 0 Å². The molecule has 9 nitrogen and oxygen atoms in total. The summed E-state index contributed by atoms with van der Waals surface area (Å²) in [6.07, 6.45) is 6.22. The summed E-state index contributed by atoms with van der Waals surface area (Å²) in [7, 11) is 3.85. The highest BCUT2D eigenvalue weighted by Crippen LogP contribution is 2.57. The number of ether oxygens (including phenoxy) is 5. The monoisotopic (exact) mass is 647 g/mol. The van der Waals surface area contributed by atoms with Gasteiger partial charge in [-0.15, -0.1) is 0 Å². The number of benzene rings is 3. The van der Waals surface area contributed by atoms with Gasteiger partial charge in [-0.2, -0.15) is 5.26 Å². The Morgan fingerprint density at radius 1 is 1.06 bits per heavy atom. The molecule has 4 heterocycles. The summed E-state index contributed by atoms with van der Waals surface area (Å²) in [5, 5.41) is 10.9. The van der Waals surface area contributed by atoms with Crippen LogP contribution in [0.15, 0.2) is 55.1 Å². The van der Waals surface area contributed by atoms with E-state index in [0.717, 1.165) is 44.9 Å². The van der Waals surface area contributed by atoms with Crippen molar-refractivity contribution in [1.82, 2.24) is 9.80 Å². The molecule has 4 aliphatic heterocycles. The van der Waals surface area contributed by atoms with E-state index in [1.807, 2.05) is 37.3 Å². The van der Waals surface area contributed by atoms with Gasteiger partial charge in [0, 0.05) is 34.9 Å². The molecule has 0 aromatic heterocycles. The van der Waals surface area contributed by atoms with Crippen molar-refractivity contribution < 1.29 is 28.5 Å². The predicted molar refractivity (Wildman–Crippen MR) is 181 cm³/mol. The molecule has 1 fully saturated rings. The first-order valence-electron chi connectivity index (χ1n) is 16.4. The maximum Gasteiger partial charge on any atom is 0.330 e. The lowest BCUT2D eigenvalue weighted by atomic mass is 9.71. The third-order valence-electron chi connectivity index (χ3n) is 10.5. The molecular weight excluding hydrogens is 606 g/mol. The number of fused-ring (bicyclic) bond motifs is 9. The van der Waals surface area contributed by atoms with Crippen LogP contribution in [0.25, 0.3) is 6.08 Å². The quantitative estimate of drug-likeness (QED) is 0.167. The van der Waals surface area contributed by atoms with Gasteiger partial charge in [0.05, 0.1) is 25.3 Å². The number of hydrogen-bond donors (Lipinski definition) is 0. The van der Waals surface area contributed by atoms with Crippen LogP contribution in [0.2, 0.25) is 0 Å². The van der Waals surface area contributed by atoms with Gasteiger partial charge in [-0.1, -0.05) is 49.1 Å². The summed E-state index contributed by atoms with van der Waals surface area (Å²) < 4.78 is 30.5. The molecular formula is C39H41N3O6. The number of rotatable bonds is 8. The van der Waals surface area contributed by atoms with Crippen molar-refractivity contribution >= 4 is 12.0 Å². The number of hydrogen-bond acceptors (Lipinski definition) is 9. The van der Waals surface area contributed by atoms with Crippen molar-refractivity contribution in [3.05, 3.63) is 99.6 Å². The zero-order chi connectivity index (χ0) is 33.7. The number of carbonyl (C=O) groups excluding carboxylic acids is 1. The number of methoxy groups -OCH3 is 1. The van der Waals surface area contributed by atoms with E-state index >= 15 is 0 Å². The Labute approximate surface area is 281 Å². The molecule has 0 saturated carbocycles. The Hall–Kier alpha value is -4.78. The molecule has 9 heteroatoms. The van der Waals surface area contributed by atoms with E-state index in [9.17, 15) is 10.1 Å². The number of nitrogens with zero attached hydrogens (tertiary/aromatic N) is 3. The Morgan fingerprint density at radius 3 is 2.56 bits per heavy atom. The van der Waals surface area contributed by atoms with Gasteiger partial charge in [-0.25, -0.2) is 4.79 Å². The van der Waals surface area contributed by atoms with Crippen molar-refractivity contribution in [1.29, 1.82) is 5.26 Å². The summed E-state index contributed by atoms with van der Waals surface area (Å²) in [5.74, 6) is 2.39. The summed E-state index contributed by atoms with van der Waals surface area (Å²) in [5.41, 5.74) is 8.28. The molecule has 1 unspecified atom stereocenters. The fraction of sp³-hybridized carbons (Fsp3) is 0.385. The van der Waals surface area contributed by atoms with Gasteiger partial charge in [0.1, 0.15) is 30.8 Å².